The maximum atomic E-state index is 13.3. The van der Waals surface area contributed by atoms with Crippen LogP contribution in [0.3, 0.4) is 0 Å². The van der Waals surface area contributed by atoms with Gasteiger partial charge in [0.25, 0.3) is 11.8 Å². The van der Waals surface area contributed by atoms with Crippen LogP contribution in [0.25, 0.3) is 0 Å². The molecule has 1 aliphatic rings. The summed E-state index contributed by atoms with van der Waals surface area (Å²) in [6.45, 7) is 7.87. The molecular formula is C26H32FN3O3. The van der Waals surface area contributed by atoms with E-state index >= 15 is 0 Å². The molecule has 0 aliphatic carbocycles. The summed E-state index contributed by atoms with van der Waals surface area (Å²) in [7, 11) is 0. The average Bonchev–Trinajstić information content (AvgIpc) is 2.83. The first-order valence-corrected chi connectivity index (χ1v) is 11.5. The van der Waals surface area contributed by atoms with Crippen molar-refractivity contribution in [1.29, 1.82) is 0 Å². The molecule has 33 heavy (non-hydrogen) atoms. The van der Waals surface area contributed by atoms with Gasteiger partial charge >= 0.3 is 0 Å². The number of nitrogens with zero attached hydrogens (tertiary/aromatic N) is 2. The number of piperidine rings is 1. The average molecular weight is 454 g/mol. The molecule has 1 atom stereocenters. The molecule has 0 spiro atoms. The minimum Gasteiger partial charge on any atom is -0.341 e. The van der Waals surface area contributed by atoms with Crippen molar-refractivity contribution in [1.82, 2.24) is 15.1 Å². The van der Waals surface area contributed by atoms with Crippen LogP contribution in [-0.2, 0) is 4.79 Å². The van der Waals surface area contributed by atoms with Gasteiger partial charge in [-0.15, -0.1) is 0 Å². The second kappa shape index (κ2) is 11.1. The van der Waals surface area contributed by atoms with Crippen molar-refractivity contribution in [3.63, 3.8) is 0 Å². The Kier molecular flexibility index (Phi) is 8.20. The quantitative estimate of drug-likeness (QED) is 0.696. The van der Waals surface area contributed by atoms with Gasteiger partial charge in [0.2, 0.25) is 5.91 Å². The second-order valence-electron chi connectivity index (χ2n) is 8.46. The van der Waals surface area contributed by atoms with Crippen molar-refractivity contribution in [3.05, 3.63) is 71.0 Å². The zero-order chi connectivity index (χ0) is 24.0. The van der Waals surface area contributed by atoms with Crippen molar-refractivity contribution in [2.75, 3.05) is 26.2 Å². The maximum absolute atomic E-state index is 13.3. The van der Waals surface area contributed by atoms with E-state index in [0.717, 1.165) is 5.56 Å². The Labute approximate surface area is 194 Å². The normalized spacial score (nSPS) is 15.1. The molecule has 1 saturated heterocycles. The van der Waals surface area contributed by atoms with Crippen LogP contribution in [0.4, 0.5) is 4.39 Å². The van der Waals surface area contributed by atoms with Crippen molar-refractivity contribution in [2.24, 2.45) is 5.92 Å². The standard InChI is InChI=1S/C26H32FN3O3/c1-4-29(5-2)26(33)23(28-24(31)20-8-6-18(3)7-9-20)19-14-16-30(17-15-19)25(32)21-10-12-22(27)13-11-21/h6-13,19,23H,4-5,14-17H2,1-3H3,(H,28,31)/t23-/m1/s1. The molecule has 0 bridgehead atoms. The number of hydrogen-bond donors (Lipinski definition) is 1. The summed E-state index contributed by atoms with van der Waals surface area (Å²) in [5.41, 5.74) is 2.01. The molecule has 6 nitrogen and oxygen atoms in total. The molecule has 1 aliphatic heterocycles. The molecule has 1 fully saturated rings. The highest BCUT2D eigenvalue weighted by Crippen LogP contribution is 2.24. The molecule has 3 rings (SSSR count). The highest BCUT2D eigenvalue weighted by Gasteiger charge is 2.35. The summed E-state index contributed by atoms with van der Waals surface area (Å²) in [5.74, 6) is -0.977. The first-order chi connectivity index (χ1) is 15.8. The number of halogens is 1. The molecule has 3 amide bonds. The number of rotatable bonds is 7. The minimum absolute atomic E-state index is 0.0789. The van der Waals surface area contributed by atoms with Gasteiger partial charge in [0.05, 0.1) is 0 Å². The maximum Gasteiger partial charge on any atom is 0.253 e. The monoisotopic (exact) mass is 453 g/mol. The zero-order valence-electron chi connectivity index (χ0n) is 19.5. The molecule has 0 aromatic heterocycles. The molecule has 0 radical (unpaired) electrons. The largest absolute Gasteiger partial charge is 0.341 e. The predicted molar refractivity (Wildman–Crippen MR) is 125 cm³/mol. The van der Waals surface area contributed by atoms with Crippen molar-refractivity contribution in [2.45, 2.75) is 39.7 Å². The van der Waals surface area contributed by atoms with Crippen LogP contribution in [0.2, 0.25) is 0 Å². The molecular weight excluding hydrogens is 421 g/mol. The van der Waals surface area contributed by atoms with E-state index in [4.69, 9.17) is 0 Å². The molecule has 2 aromatic rings. The number of hydrogen-bond acceptors (Lipinski definition) is 3. The third-order valence-corrected chi connectivity index (χ3v) is 6.33. The van der Waals surface area contributed by atoms with Gasteiger partial charge in [-0.05, 0) is 75.9 Å². The number of benzene rings is 2. The highest BCUT2D eigenvalue weighted by molar-refractivity contribution is 5.98. The third-order valence-electron chi connectivity index (χ3n) is 6.33. The lowest BCUT2D eigenvalue weighted by atomic mass is 9.87. The van der Waals surface area contributed by atoms with Crippen LogP contribution < -0.4 is 5.32 Å². The molecule has 1 N–H and O–H groups in total. The minimum atomic E-state index is -0.651. The Morgan fingerprint density at radius 1 is 0.970 bits per heavy atom. The van der Waals surface area contributed by atoms with Crippen LogP contribution in [0, 0.1) is 18.7 Å². The van der Waals surface area contributed by atoms with Gasteiger partial charge < -0.3 is 15.1 Å². The third kappa shape index (κ3) is 5.97. The van der Waals surface area contributed by atoms with Gasteiger partial charge in [-0.25, -0.2) is 4.39 Å². The van der Waals surface area contributed by atoms with E-state index in [9.17, 15) is 18.8 Å². The highest BCUT2D eigenvalue weighted by atomic mass is 19.1. The van der Waals surface area contributed by atoms with Gasteiger partial charge in [0.1, 0.15) is 11.9 Å². The van der Waals surface area contributed by atoms with Crippen LogP contribution in [0.5, 0.6) is 0 Å². The lowest BCUT2D eigenvalue weighted by molar-refractivity contribution is -0.134. The van der Waals surface area contributed by atoms with Gasteiger partial charge in [-0.2, -0.15) is 0 Å². The number of aryl methyl sites for hydroxylation is 1. The molecule has 1 heterocycles. The summed E-state index contributed by atoms with van der Waals surface area (Å²) in [4.78, 5) is 42.4. The fourth-order valence-corrected chi connectivity index (χ4v) is 4.25. The second-order valence-corrected chi connectivity index (χ2v) is 8.46. The summed E-state index contributed by atoms with van der Waals surface area (Å²) in [5, 5.41) is 2.98. The Hall–Kier alpha value is -3.22. The number of likely N-dealkylation sites (tertiary alicyclic amines) is 1. The van der Waals surface area contributed by atoms with Crippen LogP contribution in [0.15, 0.2) is 48.5 Å². The number of amides is 3. The Bertz CT molecular complexity index is 963. The molecule has 0 saturated carbocycles. The Morgan fingerprint density at radius 3 is 2.06 bits per heavy atom. The van der Waals surface area contributed by atoms with E-state index in [1.165, 1.54) is 24.3 Å². The number of likely N-dealkylation sites (N-methyl/N-ethyl adjacent to an activating group) is 1. The van der Waals surface area contributed by atoms with Crippen molar-refractivity contribution >= 4 is 17.7 Å². The van der Waals surface area contributed by atoms with Crippen molar-refractivity contribution < 1.29 is 18.8 Å². The van der Waals surface area contributed by atoms with Gasteiger partial charge in [0, 0.05) is 37.3 Å². The van der Waals surface area contributed by atoms with E-state index in [0.29, 0.717) is 50.1 Å². The van der Waals surface area contributed by atoms with Crippen LogP contribution >= 0.6 is 0 Å². The molecule has 176 valence electrons. The summed E-state index contributed by atoms with van der Waals surface area (Å²) < 4.78 is 13.2. The van der Waals surface area contributed by atoms with E-state index in [1.54, 1.807) is 21.9 Å². The molecule has 7 heteroatoms. The summed E-state index contributed by atoms with van der Waals surface area (Å²) >= 11 is 0. The van der Waals surface area contributed by atoms with Crippen molar-refractivity contribution in [3.8, 4) is 0 Å². The smallest absolute Gasteiger partial charge is 0.253 e. The molecule has 0 unspecified atom stereocenters. The SMILES string of the molecule is CCN(CC)C(=O)[C@H](NC(=O)c1ccc(C)cc1)C1CCN(C(=O)c2ccc(F)cc2)CC1. The zero-order valence-corrected chi connectivity index (χ0v) is 19.5. The Morgan fingerprint density at radius 2 is 1.52 bits per heavy atom. The summed E-state index contributed by atoms with van der Waals surface area (Å²) in [6, 6.07) is 12.1. The summed E-state index contributed by atoms with van der Waals surface area (Å²) in [6.07, 6.45) is 1.19. The first-order valence-electron chi connectivity index (χ1n) is 11.5. The van der Waals surface area contributed by atoms with Gasteiger partial charge in [0.15, 0.2) is 0 Å². The van der Waals surface area contributed by atoms with Crippen LogP contribution in [0.1, 0.15) is 53.0 Å². The van der Waals surface area contributed by atoms with E-state index in [1.807, 2.05) is 32.9 Å². The lowest BCUT2D eigenvalue weighted by Gasteiger charge is -2.37. The fourth-order valence-electron chi connectivity index (χ4n) is 4.25. The van der Waals surface area contributed by atoms with Gasteiger partial charge in [-0.1, -0.05) is 17.7 Å². The molecule has 2 aromatic carbocycles. The lowest BCUT2D eigenvalue weighted by Crippen LogP contribution is -2.54. The van der Waals surface area contributed by atoms with Gasteiger partial charge in [-0.3, -0.25) is 14.4 Å². The topological polar surface area (TPSA) is 69.7 Å². The number of carbonyl (C=O) groups is 3. The van der Waals surface area contributed by atoms with Crippen LogP contribution in [-0.4, -0.2) is 59.7 Å². The van der Waals surface area contributed by atoms with E-state index in [2.05, 4.69) is 5.32 Å². The number of carbonyl (C=O) groups excluding carboxylic acids is 3. The predicted octanol–water partition coefficient (Wildman–Crippen LogP) is 3.65. The number of nitrogens with one attached hydrogen (secondary N) is 1. The fraction of sp³-hybridized carbons (Fsp3) is 0.423. The van der Waals surface area contributed by atoms with E-state index in [-0.39, 0.29) is 29.5 Å². The first kappa shape index (κ1) is 24.4. The van der Waals surface area contributed by atoms with E-state index < -0.39 is 6.04 Å². The Balaban J connectivity index is 1.72.